The minimum Gasteiger partial charge on any atom is -0.497 e. The lowest BCUT2D eigenvalue weighted by atomic mass is 10.1. The Morgan fingerprint density at radius 2 is 1.85 bits per heavy atom. The van der Waals surface area contributed by atoms with Gasteiger partial charge in [0.1, 0.15) is 12.4 Å². The van der Waals surface area contributed by atoms with Gasteiger partial charge < -0.3 is 19.3 Å². The van der Waals surface area contributed by atoms with E-state index in [-0.39, 0.29) is 5.82 Å². The standard InChI is InChI=1S/C21H29FN2O2/c1-5-23(3)12-13-26-21-11-10-17(14-20(21)22)16-24(6-2)18-8-7-9-19(15-18)25-4/h7-11,14-15H,5-6,12-13,16H2,1-4H3. The second-order valence-corrected chi connectivity index (χ2v) is 6.22. The van der Waals surface area contributed by atoms with Crippen LogP contribution in [0, 0.1) is 5.82 Å². The van der Waals surface area contributed by atoms with Gasteiger partial charge in [0.2, 0.25) is 0 Å². The van der Waals surface area contributed by atoms with E-state index in [4.69, 9.17) is 9.47 Å². The van der Waals surface area contributed by atoms with E-state index in [9.17, 15) is 4.39 Å². The molecule has 0 spiro atoms. The van der Waals surface area contributed by atoms with Crippen LogP contribution in [0.2, 0.25) is 0 Å². The molecule has 5 heteroatoms. The molecule has 0 N–H and O–H groups in total. The summed E-state index contributed by atoms with van der Waals surface area (Å²) in [6.07, 6.45) is 0. The maximum absolute atomic E-state index is 14.4. The van der Waals surface area contributed by atoms with Crippen LogP contribution in [-0.2, 0) is 6.54 Å². The Labute approximate surface area is 156 Å². The lowest BCUT2D eigenvalue weighted by Crippen LogP contribution is -2.24. The highest BCUT2D eigenvalue weighted by atomic mass is 19.1. The van der Waals surface area contributed by atoms with Crippen molar-refractivity contribution < 1.29 is 13.9 Å². The van der Waals surface area contributed by atoms with Gasteiger partial charge in [-0.1, -0.05) is 19.1 Å². The maximum atomic E-state index is 14.4. The molecule has 2 aromatic carbocycles. The molecule has 2 aromatic rings. The summed E-state index contributed by atoms with van der Waals surface area (Å²) in [6.45, 7) is 7.80. The molecule has 0 saturated heterocycles. The number of nitrogens with zero attached hydrogens (tertiary/aromatic N) is 2. The van der Waals surface area contributed by atoms with Crippen molar-refractivity contribution in [2.45, 2.75) is 20.4 Å². The molecule has 0 amide bonds. The summed E-state index contributed by atoms with van der Waals surface area (Å²) < 4.78 is 25.2. The van der Waals surface area contributed by atoms with E-state index in [0.29, 0.717) is 18.9 Å². The third-order valence-corrected chi connectivity index (χ3v) is 4.44. The van der Waals surface area contributed by atoms with E-state index >= 15 is 0 Å². The van der Waals surface area contributed by atoms with Crippen molar-refractivity contribution in [3.05, 3.63) is 53.8 Å². The number of hydrogen-bond donors (Lipinski definition) is 0. The molecule has 0 aromatic heterocycles. The first kappa shape index (κ1) is 20.0. The molecular weight excluding hydrogens is 331 g/mol. The van der Waals surface area contributed by atoms with Crippen LogP contribution >= 0.6 is 0 Å². The summed E-state index contributed by atoms with van der Waals surface area (Å²) in [7, 11) is 3.67. The summed E-state index contributed by atoms with van der Waals surface area (Å²) in [5, 5.41) is 0. The first-order valence-electron chi connectivity index (χ1n) is 9.06. The Morgan fingerprint density at radius 1 is 1.04 bits per heavy atom. The molecule has 0 heterocycles. The molecule has 0 unspecified atom stereocenters. The van der Waals surface area contributed by atoms with Crippen molar-refractivity contribution in [3.8, 4) is 11.5 Å². The number of hydrogen-bond acceptors (Lipinski definition) is 4. The fourth-order valence-electron chi connectivity index (χ4n) is 2.64. The molecular formula is C21H29FN2O2. The first-order chi connectivity index (χ1) is 12.6. The van der Waals surface area contributed by atoms with Gasteiger partial charge in [0.15, 0.2) is 11.6 Å². The summed E-state index contributed by atoms with van der Waals surface area (Å²) >= 11 is 0. The van der Waals surface area contributed by atoms with Crippen molar-refractivity contribution in [3.63, 3.8) is 0 Å². The normalized spacial score (nSPS) is 10.8. The summed E-state index contributed by atoms with van der Waals surface area (Å²) in [5.41, 5.74) is 1.96. The van der Waals surface area contributed by atoms with Crippen LogP contribution in [0.4, 0.5) is 10.1 Å². The Balaban J connectivity index is 2.02. The highest BCUT2D eigenvalue weighted by Gasteiger charge is 2.10. The number of benzene rings is 2. The highest BCUT2D eigenvalue weighted by Crippen LogP contribution is 2.24. The van der Waals surface area contributed by atoms with E-state index in [2.05, 4.69) is 23.6 Å². The van der Waals surface area contributed by atoms with Gasteiger partial charge in [0.25, 0.3) is 0 Å². The van der Waals surface area contributed by atoms with Gasteiger partial charge in [-0.2, -0.15) is 0 Å². The highest BCUT2D eigenvalue weighted by molar-refractivity contribution is 5.51. The quantitative estimate of drug-likeness (QED) is 0.634. The van der Waals surface area contributed by atoms with Gasteiger partial charge in [0.05, 0.1) is 7.11 Å². The average molecular weight is 360 g/mol. The largest absolute Gasteiger partial charge is 0.497 e. The van der Waals surface area contributed by atoms with Gasteiger partial charge >= 0.3 is 0 Å². The molecule has 0 aliphatic heterocycles. The number of halogens is 1. The molecule has 0 fully saturated rings. The second kappa shape index (κ2) is 10.0. The zero-order chi connectivity index (χ0) is 18.9. The summed E-state index contributed by atoms with van der Waals surface area (Å²) in [4.78, 5) is 4.30. The molecule has 2 rings (SSSR count). The van der Waals surface area contributed by atoms with Gasteiger partial charge in [-0.25, -0.2) is 4.39 Å². The van der Waals surface area contributed by atoms with Crippen molar-refractivity contribution >= 4 is 5.69 Å². The second-order valence-electron chi connectivity index (χ2n) is 6.22. The molecule has 0 radical (unpaired) electrons. The molecule has 0 bridgehead atoms. The monoisotopic (exact) mass is 360 g/mol. The molecule has 4 nitrogen and oxygen atoms in total. The fraction of sp³-hybridized carbons (Fsp3) is 0.429. The average Bonchev–Trinajstić information content (AvgIpc) is 2.67. The SMILES string of the molecule is CCN(C)CCOc1ccc(CN(CC)c2cccc(OC)c2)cc1F. The zero-order valence-corrected chi connectivity index (χ0v) is 16.2. The van der Waals surface area contributed by atoms with E-state index in [1.54, 1.807) is 19.2 Å². The number of rotatable bonds is 10. The van der Waals surface area contributed by atoms with Gasteiger partial charge in [0, 0.05) is 31.4 Å². The number of methoxy groups -OCH3 is 1. The first-order valence-corrected chi connectivity index (χ1v) is 9.06. The molecule has 26 heavy (non-hydrogen) atoms. The Morgan fingerprint density at radius 3 is 2.50 bits per heavy atom. The van der Waals surface area contributed by atoms with E-state index in [0.717, 1.165) is 36.6 Å². The van der Waals surface area contributed by atoms with Gasteiger partial charge in [-0.15, -0.1) is 0 Å². The van der Waals surface area contributed by atoms with Crippen LogP contribution in [0.3, 0.4) is 0 Å². The van der Waals surface area contributed by atoms with Crippen LogP contribution in [0.15, 0.2) is 42.5 Å². The van der Waals surface area contributed by atoms with Crippen molar-refractivity contribution in [1.82, 2.24) is 4.90 Å². The topological polar surface area (TPSA) is 24.9 Å². The zero-order valence-electron chi connectivity index (χ0n) is 16.2. The van der Waals surface area contributed by atoms with Crippen molar-refractivity contribution in [1.29, 1.82) is 0 Å². The molecule has 0 atom stereocenters. The molecule has 142 valence electrons. The van der Waals surface area contributed by atoms with Gasteiger partial charge in [-0.05, 0) is 50.3 Å². The summed E-state index contributed by atoms with van der Waals surface area (Å²) in [6, 6.07) is 13.1. The number of likely N-dealkylation sites (N-methyl/N-ethyl adjacent to an activating group) is 1. The minimum atomic E-state index is -0.316. The summed E-state index contributed by atoms with van der Waals surface area (Å²) in [5.74, 6) is 0.805. The fourth-order valence-corrected chi connectivity index (χ4v) is 2.64. The Hall–Kier alpha value is -2.27. The molecule has 0 aliphatic carbocycles. The predicted molar refractivity (Wildman–Crippen MR) is 105 cm³/mol. The van der Waals surface area contributed by atoms with Crippen molar-refractivity contribution in [2.75, 3.05) is 45.3 Å². The van der Waals surface area contributed by atoms with E-state index in [1.807, 2.05) is 37.4 Å². The van der Waals surface area contributed by atoms with E-state index < -0.39 is 0 Å². The van der Waals surface area contributed by atoms with Crippen LogP contribution in [0.5, 0.6) is 11.5 Å². The number of ether oxygens (including phenoxy) is 2. The third-order valence-electron chi connectivity index (χ3n) is 4.44. The van der Waals surface area contributed by atoms with Gasteiger partial charge in [-0.3, -0.25) is 0 Å². The van der Waals surface area contributed by atoms with Crippen LogP contribution in [-0.4, -0.2) is 45.3 Å². The lowest BCUT2D eigenvalue weighted by Gasteiger charge is -2.24. The number of anilines is 1. The molecule has 0 aliphatic rings. The van der Waals surface area contributed by atoms with E-state index in [1.165, 1.54) is 0 Å². The van der Waals surface area contributed by atoms with Crippen LogP contribution < -0.4 is 14.4 Å². The Kier molecular flexibility index (Phi) is 7.73. The van der Waals surface area contributed by atoms with Crippen LogP contribution in [0.1, 0.15) is 19.4 Å². The third kappa shape index (κ3) is 5.63. The van der Waals surface area contributed by atoms with Crippen molar-refractivity contribution in [2.24, 2.45) is 0 Å². The lowest BCUT2D eigenvalue weighted by molar-refractivity contribution is 0.236. The predicted octanol–water partition coefficient (Wildman–Crippen LogP) is 4.19. The minimum absolute atomic E-state index is 0.308. The smallest absolute Gasteiger partial charge is 0.165 e. The molecule has 0 saturated carbocycles. The maximum Gasteiger partial charge on any atom is 0.165 e. The van der Waals surface area contributed by atoms with Crippen LogP contribution in [0.25, 0.3) is 0 Å². The Bertz CT molecular complexity index is 693.